The Hall–Kier alpha value is -3.10. The standard InChI is InChI=1S/C20H23F2N5O2/c21-17(22)19(25)29-18(24)12-6-7-13-11-27(20(28)14(13)10-12)16-5-2-1-4-15(16)26-9-3-8-23/h3,6-10,15-17,23-26H,1-2,4-5,11H2/b9-3-,23-8?,24-18?,25-19?/t15-,16+/m1/s1. The summed E-state index contributed by atoms with van der Waals surface area (Å²) in [5.41, 5.74) is 1.42. The zero-order valence-electron chi connectivity index (χ0n) is 15.8. The first-order valence-electron chi connectivity index (χ1n) is 9.41. The fourth-order valence-corrected chi connectivity index (χ4v) is 3.85. The second kappa shape index (κ2) is 8.93. The molecular formula is C20H23F2N5O2. The fourth-order valence-electron chi connectivity index (χ4n) is 3.85. The summed E-state index contributed by atoms with van der Waals surface area (Å²) in [6.07, 6.45) is 5.29. The number of fused-ring (bicyclic) bond motifs is 1. The van der Waals surface area contributed by atoms with Crippen LogP contribution in [-0.2, 0) is 11.3 Å². The zero-order valence-corrected chi connectivity index (χ0v) is 15.8. The van der Waals surface area contributed by atoms with Crippen LogP contribution in [0.25, 0.3) is 0 Å². The molecule has 0 unspecified atom stereocenters. The molecular weight excluding hydrogens is 380 g/mol. The molecule has 0 bridgehead atoms. The van der Waals surface area contributed by atoms with E-state index < -0.39 is 18.2 Å². The molecule has 0 radical (unpaired) electrons. The number of ether oxygens (including phenoxy) is 1. The van der Waals surface area contributed by atoms with Crippen LogP contribution in [0.4, 0.5) is 8.78 Å². The highest BCUT2D eigenvalue weighted by Crippen LogP contribution is 2.32. The monoisotopic (exact) mass is 403 g/mol. The van der Waals surface area contributed by atoms with E-state index in [-0.39, 0.29) is 23.6 Å². The van der Waals surface area contributed by atoms with E-state index in [1.54, 1.807) is 24.4 Å². The summed E-state index contributed by atoms with van der Waals surface area (Å²) in [5.74, 6) is -2.04. The van der Waals surface area contributed by atoms with Gasteiger partial charge in [0.25, 0.3) is 11.8 Å². The smallest absolute Gasteiger partial charge is 0.312 e. The van der Waals surface area contributed by atoms with E-state index in [1.165, 1.54) is 12.3 Å². The number of nitrogens with zero attached hydrogens (tertiary/aromatic N) is 1. The lowest BCUT2D eigenvalue weighted by molar-refractivity contribution is 0.0614. The maximum atomic E-state index is 13.0. The zero-order chi connectivity index (χ0) is 21.0. The molecule has 1 heterocycles. The lowest BCUT2D eigenvalue weighted by Crippen LogP contribution is -2.50. The van der Waals surface area contributed by atoms with Gasteiger partial charge in [-0.15, -0.1) is 0 Å². The molecule has 9 heteroatoms. The lowest BCUT2D eigenvalue weighted by Gasteiger charge is -2.38. The van der Waals surface area contributed by atoms with E-state index in [9.17, 15) is 13.6 Å². The SMILES string of the molecule is N=C/C=C\N[C@@H]1CCCC[C@@H]1N1Cc2ccc(C(=N)OC(=N)C(F)F)cc2C1=O. The van der Waals surface area contributed by atoms with Gasteiger partial charge in [-0.1, -0.05) is 18.9 Å². The van der Waals surface area contributed by atoms with Crippen molar-refractivity contribution in [1.82, 2.24) is 10.2 Å². The van der Waals surface area contributed by atoms with Crippen molar-refractivity contribution in [2.75, 3.05) is 0 Å². The van der Waals surface area contributed by atoms with Crippen LogP contribution in [-0.4, -0.2) is 47.3 Å². The third-order valence-corrected chi connectivity index (χ3v) is 5.25. The molecule has 3 rings (SSSR count). The summed E-state index contributed by atoms with van der Waals surface area (Å²) in [6.45, 7) is 0.451. The summed E-state index contributed by atoms with van der Waals surface area (Å²) < 4.78 is 29.5. The van der Waals surface area contributed by atoms with Crippen molar-refractivity contribution in [1.29, 1.82) is 16.2 Å². The third kappa shape index (κ3) is 4.49. The number of nitrogens with one attached hydrogen (secondary N) is 4. The normalized spacial score (nSPS) is 21.3. The van der Waals surface area contributed by atoms with E-state index in [1.807, 2.05) is 4.90 Å². The fraction of sp³-hybridized carbons (Fsp3) is 0.400. The predicted molar refractivity (Wildman–Crippen MR) is 105 cm³/mol. The molecule has 2 aliphatic rings. The van der Waals surface area contributed by atoms with Gasteiger partial charge in [-0.05, 0) is 42.8 Å². The molecule has 0 aromatic heterocycles. The van der Waals surface area contributed by atoms with Crippen molar-refractivity contribution in [3.05, 3.63) is 47.2 Å². The van der Waals surface area contributed by atoms with Crippen LogP contribution in [0, 0.1) is 16.2 Å². The first-order chi connectivity index (χ1) is 13.9. The highest BCUT2D eigenvalue weighted by molar-refractivity contribution is 6.04. The van der Waals surface area contributed by atoms with Gasteiger partial charge >= 0.3 is 6.43 Å². The van der Waals surface area contributed by atoms with E-state index >= 15 is 0 Å². The van der Waals surface area contributed by atoms with E-state index in [0.717, 1.165) is 31.2 Å². The highest BCUT2D eigenvalue weighted by Gasteiger charge is 2.37. The summed E-state index contributed by atoms with van der Waals surface area (Å²) in [6, 6.07) is 4.81. The number of benzene rings is 1. The van der Waals surface area contributed by atoms with Crippen molar-refractivity contribution in [3.63, 3.8) is 0 Å². The van der Waals surface area contributed by atoms with Crippen LogP contribution in [0.15, 0.2) is 30.5 Å². The molecule has 1 aliphatic heterocycles. The molecule has 2 atom stereocenters. The topological polar surface area (TPSA) is 113 Å². The molecule has 0 saturated heterocycles. The highest BCUT2D eigenvalue weighted by atomic mass is 19.3. The largest absolute Gasteiger partial charge is 0.419 e. The van der Waals surface area contributed by atoms with Crippen molar-refractivity contribution >= 4 is 23.9 Å². The minimum Gasteiger partial charge on any atom is -0.419 e. The Kier molecular flexibility index (Phi) is 6.36. The Morgan fingerprint density at radius 3 is 2.76 bits per heavy atom. The van der Waals surface area contributed by atoms with Gasteiger partial charge in [-0.25, -0.2) is 0 Å². The Balaban J connectivity index is 1.76. The number of allylic oxidation sites excluding steroid dienone is 1. The number of alkyl halides is 2. The molecule has 154 valence electrons. The summed E-state index contributed by atoms with van der Waals surface area (Å²) in [5, 5.41) is 25.2. The number of carbonyl (C=O) groups is 1. The van der Waals surface area contributed by atoms with E-state index in [2.05, 4.69) is 10.1 Å². The predicted octanol–water partition coefficient (Wildman–Crippen LogP) is 3.29. The van der Waals surface area contributed by atoms with Crippen LogP contribution < -0.4 is 5.32 Å². The minimum absolute atomic E-state index is 0.00481. The second-order valence-electron chi connectivity index (χ2n) is 7.05. The molecule has 1 amide bonds. The van der Waals surface area contributed by atoms with Gasteiger partial charge in [0, 0.05) is 29.9 Å². The third-order valence-electron chi connectivity index (χ3n) is 5.25. The maximum Gasteiger partial charge on any atom is 0.312 e. The van der Waals surface area contributed by atoms with Crippen LogP contribution in [0.1, 0.15) is 47.2 Å². The first kappa shape index (κ1) is 20.6. The Labute approximate surface area is 167 Å². The lowest BCUT2D eigenvalue weighted by atomic mass is 9.89. The van der Waals surface area contributed by atoms with Crippen LogP contribution in [0.5, 0.6) is 0 Å². The molecule has 4 N–H and O–H groups in total. The number of hydrogen-bond donors (Lipinski definition) is 4. The number of carbonyl (C=O) groups excluding carboxylic acids is 1. The van der Waals surface area contributed by atoms with Gasteiger partial charge in [0.2, 0.25) is 5.90 Å². The van der Waals surface area contributed by atoms with Crippen molar-refractivity contribution in [3.8, 4) is 0 Å². The number of hydrogen-bond acceptors (Lipinski definition) is 6. The Bertz CT molecular complexity index is 855. The number of halogens is 2. The van der Waals surface area contributed by atoms with Gasteiger partial charge < -0.3 is 20.4 Å². The van der Waals surface area contributed by atoms with Crippen molar-refractivity contribution in [2.45, 2.75) is 50.7 Å². The Morgan fingerprint density at radius 1 is 1.28 bits per heavy atom. The average molecular weight is 403 g/mol. The van der Waals surface area contributed by atoms with Gasteiger partial charge in [-0.3, -0.25) is 15.6 Å². The van der Waals surface area contributed by atoms with Crippen molar-refractivity contribution < 1.29 is 18.3 Å². The van der Waals surface area contributed by atoms with Crippen LogP contribution in [0.2, 0.25) is 0 Å². The molecule has 1 aromatic carbocycles. The molecule has 1 saturated carbocycles. The molecule has 0 spiro atoms. The number of rotatable bonds is 6. The summed E-state index contributed by atoms with van der Waals surface area (Å²) >= 11 is 0. The van der Waals surface area contributed by atoms with Crippen molar-refractivity contribution in [2.24, 2.45) is 0 Å². The van der Waals surface area contributed by atoms with Gasteiger partial charge in [-0.2, -0.15) is 8.78 Å². The average Bonchev–Trinajstić information content (AvgIpc) is 3.04. The summed E-state index contributed by atoms with van der Waals surface area (Å²) in [7, 11) is 0. The molecule has 1 aliphatic carbocycles. The van der Waals surface area contributed by atoms with E-state index in [4.69, 9.17) is 16.2 Å². The molecule has 29 heavy (non-hydrogen) atoms. The van der Waals surface area contributed by atoms with Gasteiger partial charge in [0.1, 0.15) is 0 Å². The van der Waals surface area contributed by atoms with Gasteiger partial charge in [0.15, 0.2) is 0 Å². The van der Waals surface area contributed by atoms with Crippen LogP contribution in [0.3, 0.4) is 0 Å². The second-order valence-corrected chi connectivity index (χ2v) is 7.05. The minimum atomic E-state index is -3.10. The van der Waals surface area contributed by atoms with E-state index in [0.29, 0.717) is 12.1 Å². The van der Waals surface area contributed by atoms with Gasteiger partial charge in [0.05, 0.1) is 6.04 Å². The number of amides is 1. The Morgan fingerprint density at radius 2 is 2.03 bits per heavy atom. The molecule has 1 fully saturated rings. The van der Waals surface area contributed by atoms with Crippen LogP contribution >= 0.6 is 0 Å². The quantitative estimate of drug-likeness (QED) is 0.432. The summed E-state index contributed by atoms with van der Waals surface area (Å²) in [4.78, 5) is 14.9. The molecule has 1 aromatic rings. The molecule has 7 nitrogen and oxygen atoms in total. The first-order valence-corrected chi connectivity index (χ1v) is 9.41. The maximum absolute atomic E-state index is 13.0.